The maximum atomic E-state index is 13.0. The number of rotatable bonds is 12. The summed E-state index contributed by atoms with van der Waals surface area (Å²) in [5, 5.41) is 12.9. The Balaban J connectivity index is 2.21. The van der Waals surface area contributed by atoms with E-state index in [-0.39, 0.29) is 35.9 Å². The van der Waals surface area contributed by atoms with E-state index >= 15 is 0 Å². The first kappa shape index (κ1) is 28.8. The van der Waals surface area contributed by atoms with Gasteiger partial charge in [-0.2, -0.15) is 5.10 Å². The lowest BCUT2D eigenvalue weighted by Gasteiger charge is -2.25. The van der Waals surface area contributed by atoms with Gasteiger partial charge in [0.2, 0.25) is 5.91 Å². The normalized spacial score (nSPS) is 16.8. The van der Waals surface area contributed by atoms with Crippen LogP contribution >= 0.6 is 11.6 Å². The molecule has 0 fully saturated rings. The molecule has 0 aromatic carbocycles. The zero-order valence-electron chi connectivity index (χ0n) is 20.8. The van der Waals surface area contributed by atoms with E-state index in [0.717, 1.165) is 25.0 Å². The number of halogens is 1. The van der Waals surface area contributed by atoms with E-state index in [1.807, 2.05) is 0 Å². The Morgan fingerprint density at radius 2 is 2.19 bits per heavy atom. The second kappa shape index (κ2) is 14.8. The van der Waals surface area contributed by atoms with Crippen LogP contribution in [0, 0.1) is 0 Å². The molecule has 2 heterocycles. The van der Waals surface area contributed by atoms with Crippen molar-refractivity contribution >= 4 is 35.3 Å². The van der Waals surface area contributed by atoms with Crippen molar-refractivity contribution in [3.05, 3.63) is 69.4 Å². The van der Waals surface area contributed by atoms with Gasteiger partial charge in [-0.1, -0.05) is 62.2 Å². The van der Waals surface area contributed by atoms with Gasteiger partial charge in [-0.15, -0.1) is 0 Å². The Morgan fingerprint density at radius 3 is 2.83 bits per heavy atom. The predicted octanol–water partition coefficient (Wildman–Crippen LogP) is 3.75. The van der Waals surface area contributed by atoms with Crippen molar-refractivity contribution in [2.75, 3.05) is 19.6 Å². The lowest BCUT2D eigenvalue weighted by molar-refractivity contribution is -0.132. The number of carboxylic acid groups (broad SMARTS) is 1. The molecule has 0 radical (unpaired) electrons. The molecule has 0 spiro atoms. The Morgan fingerprint density at radius 1 is 1.42 bits per heavy atom. The maximum absolute atomic E-state index is 13.0. The quantitative estimate of drug-likeness (QED) is 0.128. The lowest BCUT2D eigenvalue weighted by Crippen LogP contribution is -2.36. The smallest absolute Gasteiger partial charge is 0.336 e. The first-order valence-corrected chi connectivity index (χ1v) is 12.5. The van der Waals surface area contributed by atoms with Crippen LogP contribution in [-0.4, -0.2) is 57.7 Å². The summed E-state index contributed by atoms with van der Waals surface area (Å²) >= 11 is 5.64. The van der Waals surface area contributed by atoms with Gasteiger partial charge in [0.05, 0.1) is 17.5 Å². The van der Waals surface area contributed by atoms with Crippen LogP contribution in [0.2, 0.25) is 0 Å². The molecule has 3 N–H and O–H groups in total. The highest BCUT2D eigenvalue weighted by Crippen LogP contribution is 2.28. The molecule has 2 rings (SSSR count). The van der Waals surface area contributed by atoms with Crippen LogP contribution in [0.3, 0.4) is 0 Å². The third kappa shape index (κ3) is 8.05. The molecule has 0 aliphatic carbocycles. The number of allylic oxidation sites excluding steroid dienone is 5. The number of carboxylic acids is 1. The van der Waals surface area contributed by atoms with E-state index in [1.54, 1.807) is 30.1 Å². The van der Waals surface area contributed by atoms with Crippen LogP contribution in [0.15, 0.2) is 51.9 Å². The number of hydrogen-bond donors (Lipinski definition) is 3. The van der Waals surface area contributed by atoms with Gasteiger partial charge in [-0.05, 0) is 19.8 Å². The molecule has 1 aliphatic heterocycles. The summed E-state index contributed by atoms with van der Waals surface area (Å²) in [5.74, 6) is -0.777. The second-order valence-corrected chi connectivity index (χ2v) is 8.57. The van der Waals surface area contributed by atoms with E-state index in [0.29, 0.717) is 36.5 Å². The van der Waals surface area contributed by atoms with Crippen molar-refractivity contribution in [1.29, 1.82) is 0 Å². The minimum Gasteiger partial charge on any atom is -0.478 e. The van der Waals surface area contributed by atoms with Crippen LogP contribution < -0.4 is 11.0 Å². The SMILES string of the molecule is C=C/C(=C\C=C\Cl)c1nc2c(c(=O)[nH]1)CCN(C(=O)CCN/N=C\C(=C/C)C(=O)O)CC2CCCC. The van der Waals surface area contributed by atoms with E-state index in [1.165, 1.54) is 17.8 Å². The summed E-state index contributed by atoms with van der Waals surface area (Å²) in [6, 6.07) is 0. The predicted molar refractivity (Wildman–Crippen MR) is 143 cm³/mol. The van der Waals surface area contributed by atoms with Gasteiger partial charge >= 0.3 is 5.97 Å². The number of aromatic amines is 1. The van der Waals surface area contributed by atoms with E-state index in [4.69, 9.17) is 21.7 Å². The average Bonchev–Trinajstić information content (AvgIpc) is 3.05. The molecule has 1 atom stereocenters. The number of carbonyl (C=O) groups excluding carboxylic acids is 1. The Hall–Kier alpha value is -3.46. The van der Waals surface area contributed by atoms with Gasteiger partial charge in [-0.3, -0.25) is 9.59 Å². The fourth-order valence-corrected chi connectivity index (χ4v) is 4.04. The summed E-state index contributed by atoms with van der Waals surface area (Å²) in [6.45, 7) is 8.68. The van der Waals surface area contributed by atoms with Gasteiger partial charge in [0.15, 0.2) is 0 Å². The van der Waals surface area contributed by atoms with Crippen LogP contribution in [-0.2, 0) is 16.0 Å². The maximum Gasteiger partial charge on any atom is 0.336 e. The molecule has 9 nitrogen and oxygen atoms in total. The highest BCUT2D eigenvalue weighted by Gasteiger charge is 2.29. The van der Waals surface area contributed by atoms with Crippen molar-refractivity contribution in [2.24, 2.45) is 5.10 Å². The minimum atomic E-state index is -1.07. The topological polar surface area (TPSA) is 128 Å². The zero-order valence-corrected chi connectivity index (χ0v) is 21.6. The number of hydrazone groups is 1. The average molecular weight is 516 g/mol. The van der Waals surface area contributed by atoms with E-state index < -0.39 is 5.97 Å². The summed E-state index contributed by atoms with van der Waals surface area (Å²) in [7, 11) is 0. The highest BCUT2D eigenvalue weighted by atomic mass is 35.5. The van der Waals surface area contributed by atoms with Gasteiger partial charge in [-0.25, -0.2) is 9.78 Å². The molecule has 10 heteroatoms. The van der Waals surface area contributed by atoms with Crippen molar-refractivity contribution in [3.8, 4) is 0 Å². The van der Waals surface area contributed by atoms with E-state index in [9.17, 15) is 14.4 Å². The molecule has 194 valence electrons. The fraction of sp³-hybridized carbons (Fsp3) is 0.423. The van der Waals surface area contributed by atoms with Crippen LogP contribution in [0.4, 0.5) is 0 Å². The Kier molecular flexibility index (Phi) is 11.9. The number of amides is 1. The van der Waals surface area contributed by atoms with Gasteiger partial charge in [0.25, 0.3) is 5.56 Å². The van der Waals surface area contributed by atoms with Crippen molar-refractivity contribution in [1.82, 2.24) is 20.3 Å². The molecule has 0 saturated heterocycles. The lowest BCUT2D eigenvalue weighted by atomic mass is 9.94. The number of H-pyrrole nitrogens is 1. The fourth-order valence-electron chi connectivity index (χ4n) is 3.96. The molecule has 1 aromatic heterocycles. The van der Waals surface area contributed by atoms with Gasteiger partial charge in [0, 0.05) is 48.6 Å². The number of nitrogens with zero attached hydrogens (tertiary/aromatic N) is 3. The number of carbonyl (C=O) groups is 2. The molecule has 1 amide bonds. The number of fused-ring (bicyclic) bond motifs is 1. The molecular formula is C26H34ClN5O4. The third-order valence-electron chi connectivity index (χ3n) is 5.91. The number of aromatic nitrogens is 2. The standard InChI is InChI=1S/C26H34ClN5O4/c1-4-7-9-20-17-32(22(33)11-14-28-29-16-19(6-3)26(35)36)15-12-21-23(20)30-24(31-25(21)34)18(5-2)10-8-13-27/h5-6,8,10,13,16,20,28H,2,4,7,9,11-12,14-15,17H2,1,3H3,(H,35,36)(H,30,31,34)/b13-8+,18-10+,19-6+,29-16-. The Bertz CT molecular complexity index is 1120. The first-order chi connectivity index (χ1) is 17.4. The minimum absolute atomic E-state index is 0.0584. The monoisotopic (exact) mass is 515 g/mol. The van der Waals surface area contributed by atoms with E-state index in [2.05, 4.69) is 29.0 Å². The first-order valence-electron chi connectivity index (χ1n) is 12.0. The molecule has 1 aromatic rings. The van der Waals surface area contributed by atoms with Crippen LogP contribution in [0.1, 0.15) is 62.5 Å². The molecular weight excluding hydrogens is 482 g/mol. The zero-order chi connectivity index (χ0) is 26.5. The third-order valence-corrected chi connectivity index (χ3v) is 6.06. The number of hydrogen-bond acceptors (Lipinski definition) is 6. The molecule has 1 aliphatic rings. The van der Waals surface area contributed by atoms with Crippen molar-refractivity contribution in [3.63, 3.8) is 0 Å². The van der Waals surface area contributed by atoms with Crippen LogP contribution in [0.5, 0.6) is 0 Å². The Labute approximate surface area is 216 Å². The molecule has 1 unspecified atom stereocenters. The summed E-state index contributed by atoms with van der Waals surface area (Å²) in [5.41, 5.74) is 5.93. The van der Waals surface area contributed by atoms with Crippen molar-refractivity contribution in [2.45, 2.75) is 51.9 Å². The molecule has 36 heavy (non-hydrogen) atoms. The number of unbranched alkanes of at least 4 members (excludes halogenated alkanes) is 1. The van der Waals surface area contributed by atoms with Crippen molar-refractivity contribution < 1.29 is 14.7 Å². The number of nitrogens with one attached hydrogen (secondary N) is 2. The van der Waals surface area contributed by atoms with Gasteiger partial charge < -0.3 is 20.4 Å². The molecule has 0 saturated carbocycles. The van der Waals surface area contributed by atoms with Crippen LogP contribution in [0.25, 0.3) is 5.57 Å². The summed E-state index contributed by atoms with van der Waals surface area (Å²) in [6.07, 6.45) is 11.0. The second-order valence-electron chi connectivity index (χ2n) is 8.32. The largest absolute Gasteiger partial charge is 0.478 e. The molecule has 0 bridgehead atoms. The summed E-state index contributed by atoms with van der Waals surface area (Å²) in [4.78, 5) is 46.5. The highest BCUT2D eigenvalue weighted by molar-refractivity contribution is 6.25. The number of aliphatic carboxylic acids is 1. The summed E-state index contributed by atoms with van der Waals surface area (Å²) < 4.78 is 0. The van der Waals surface area contributed by atoms with Gasteiger partial charge in [0.1, 0.15) is 5.82 Å².